The number of nitrogens with one attached hydrogen (secondary N) is 1. The Morgan fingerprint density at radius 2 is 1.83 bits per heavy atom. The highest BCUT2D eigenvalue weighted by molar-refractivity contribution is 7.11. The van der Waals surface area contributed by atoms with Crippen LogP contribution in [-0.2, 0) is 5.54 Å². The van der Waals surface area contributed by atoms with Gasteiger partial charge < -0.3 is 5.32 Å². The molecule has 2 rings (SSSR count). The summed E-state index contributed by atoms with van der Waals surface area (Å²) in [5.74, 6) is 1.63. The summed E-state index contributed by atoms with van der Waals surface area (Å²) in [5.41, 5.74) is 1.36. The molecule has 0 spiro atoms. The van der Waals surface area contributed by atoms with Crippen LogP contribution in [-0.4, -0.2) is 11.0 Å². The summed E-state index contributed by atoms with van der Waals surface area (Å²) in [7, 11) is 0. The third-order valence-electron chi connectivity index (χ3n) is 4.17. The van der Waals surface area contributed by atoms with Gasteiger partial charge in [0.15, 0.2) is 0 Å². The topological polar surface area (TPSA) is 24.9 Å². The summed E-state index contributed by atoms with van der Waals surface area (Å²) in [6.45, 7) is 13.4. The first-order valence-electron chi connectivity index (χ1n) is 7.06. The molecule has 1 aromatic rings. The Morgan fingerprint density at radius 1 is 1.22 bits per heavy atom. The van der Waals surface area contributed by atoms with Crippen molar-refractivity contribution < 1.29 is 0 Å². The SMILES string of the molecule is Cc1nc(C2(NC(C)C)CC(C(C)C)C2)sc1C. The van der Waals surface area contributed by atoms with Gasteiger partial charge in [0, 0.05) is 10.9 Å². The van der Waals surface area contributed by atoms with Crippen LogP contribution in [0.5, 0.6) is 0 Å². The largest absolute Gasteiger partial charge is 0.303 e. The number of rotatable bonds is 4. The van der Waals surface area contributed by atoms with E-state index in [9.17, 15) is 0 Å². The van der Waals surface area contributed by atoms with E-state index in [-0.39, 0.29) is 5.54 Å². The van der Waals surface area contributed by atoms with Crippen LogP contribution in [0.1, 0.15) is 56.1 Å². The average molecular weight is 266 g/mol. The van der Waals surface area contributed by atoms with Crippen molar-refractivity contribution in [3.63, 3.8) is 0 Å². The lowest BCUT2D eigenvalue weighted by atomic mass is 9.64. The summed E-state index contributed by atoms with van der Waals surface area (Å²) in [5, 5.41) is 5.09. The van der Waals surface area contributed by atoms with E-state index in [1.54, 1.807) is 0 Å². The van der Waals surface area contributed by atoms with Crippen molar-refractivity contribution >= 4 is 11.3 Å². The van der Waals surface area contributed by atoms with Gasteiger partial charge in [0.1, 0.15) is 5.01 Å². The highest BCUT2D eigenvalue weighted by Crippen LogP contribution is 2.50. The van der Waals surface area contributed by atoms with Crippen molar-refractivity contribution in [1.29, 1.82) is 0 Å². The van der Waals surface area contributed by atoms with Crippen LogP contribution in [0.3, 0.4) is 0 Å². The predicted octanol–water partition coefficient (Wildman–Crippen LogP) is 4.02. The molecule has 1 saturated carbocycles. The van der Waals surface area contributed by atoms with Crippen molar-refractivity contribution in [3.8, 4) is 0 Å². The highest BCUT2D eigenvalue weighted by Gasteiger charge is 2.48. The zero-order valence-corrected chi connectivity index (χ0v) is 13.3. The van der Waals surface area contributed by atoms with Crippen LogP contribution < -0.4 is 5.32 Å². The average Bonchev–Trinajstić information content (AvgIpc) is 2.51. The molecule has 0 amide bonds. The van der Waals surface area contributed by atoms with Gasteiger partial charge in [0.2, 0.25) is 0 Å². The van der Waals surface area contributed by atoms with E-state index in [1.807, 2.05) is 11.3 Å². The Kier molecular flexibility index (Phi) is 3.84. The van der Waals surface area contributed by atoms with E-state index in [0.29, 0.717) is 6.04 Å². The third-order valence-corrected chi connectivity index (χ3v) is 5.44. The van der Waals surface area contributed by atoms with E-state index >= 15 is 0 Å². The minimum absolute atomic E-state index is 0.160. The Labute approximate surface area is 115 Å². The zero-order chi connectivity index (χ0) is 13.5. The van der Waals surface area contributed by atoms with Crippen LogP contribution in [0, 0.1) is 25.7 Å². The van der Waals surface area contributed by atoms with Crippen molar-refractivity contribution in [2.75, 3.05) is 0 Å². The number of thiazole rings is 1. The monoisotopic (exact) mass is 266 g/mol. The maximum atomic E-state index is 4.81. The summed E-state index contributed by atoms with van der Waals surface area (Å²) in [4.78, 5) is 6.17. The number of aryl methyl sites for hydroxylation is 2. The Hall–Kier alpha value is -0.410. The molecule has 0 bridgehead atoms. The molecule has 1 heterocycles. The molecule has 1 aromatic heterocycles. The normalized spacial score (nSPS) is 27.9. The molecule has 0 saturated heterocycles. The number of nitrogens with zero attached hydrogens (tertiary/aromatic N) is 1. The van der Waals surface area contributed by atoms with Gasteiger partial charge in [0.05, 0.1) is 11.2 Å². The summed E-state index contributed by atoms with van der Waals surface area (Å²) in [6, 6.07) is 0.516. The summed E-state index contributed by atoms with van der Waals surface area (Å²) >= 11 is 1.88. The van der Waals surface area contributed by atoms with Crippen molar-refractivity contribution in [2.24, 2.45) is 11.8 Å². The second-order valence-corrected chi connectivity index (χ2v) is 7.66. The van der Waals surface area contributed by atoms with E-state index in [1.165, 1.54) is 28.4 Å². The lowest BCUT2D eigenvalue weighted by Gasteiger charge is -2.50. The molecule has 1 fully saturated rings. The highest BCUT2D eigenvalue weighted by atomic mass is 32.1. The molecule has 1 N–H and O–H groups in total. The van der Waals surface area contributed by atoms with Crippen molar-refractivity contribution in [1.82, 2.24) is 10.3 Å². The first kappa shape index (κ1) is 14.0. The molecular weight excluding hydrogens is 240 g/mol. The molecule has 0 aromatic carbocycles. The van der Waals surface area contributed by atoms with Crippen molar-refractivity contribution in [2.45, 2.75) is 66.0 Å². The quantitative estimate of drug-likeness (QED) is 0.890. The smallest absolute Gasteiger partial charge is 0.113 e. The maximum Gasteiger partial charge on any atom is 0.113 e. The lowest BCUT2D eigenvalue weighted by molar-refractivity contribution is 0.0598. The van der Waals surface area contributed by atoms with Crippen LogP contribution in [0.15, 0.2) is 0 Å². The molecule has 1 aliphatic rings. The fraction of sp³-hybridized carbons (Fsp3) is 0.800. The second-order valence-electron chi connectivity index (χ2n) is 6.45. The number of hydrogen-bond donors (Lipinski definition) is 1. The van der Waals surface area contributed by atoms with E-state index in [4.69, 9.17) is 4.98 Å². The lowest BCUT2D eigenvalue weighted by Crippen LogP contribution is -2.55. The van der Waals surface area contributed by atoms with Gasteiger partial charge in [-0.2, -0.15) is 0 Å². The van der Waals surface area contributed by atoms with Crippen LogP contribution in [0.25, 0.3) is 0 Å². The van der Waals surface area contributed by atoms with Crippen LogP contribution in [0.4, 0.5) is 0 Å². The van der Waals surface area contributed by atoms with Gasteiger partial charge >= 0.3 is 0 Å². The van der Waals surface area contributed by atoms with E-state index in [2.05, 4.69) is 46.9 Å². The molecule has 1 aliphatic carbocycles. The molecule has 3 heteroatoms. The molecule has 2 nitrogen and oxygen atoms in total. The fourth-order valence-corrected chi connectivity index (χ4v) is 3.98. The first-order chi connectivity index (χ1) is 8.34. The minimum atomic E-state index is 0.160. The van der Waals surface area contributed by atoms with Gasteiger partial charge in [-0.1, -0.05) is 13.8 Å². The third kappa shape index (κ3) is 2.48. The van der Waals surface area contributed by atoms with Crippen LogP contribution >= 0.6 is 11.3 Å². The molecule has 102 valence electrons. The molecular formula is C15H26N2S. The molecule has 0 radical (unpaired) electrons. The predicted molar refractivity (Wildman–Crippen MR) is 79.1 cm³/mol. The Bertz CT molecular complexity index is 395. The molecule has 0 atom stereocenters. The van der Waals surface area contributed by atoms with Gasteiger partial charge in [0.25, 0.3) is 0 Å². The Morgan fingerprint density at radius 3 is 2.22 bits per heavy atom. The first-order valence-corrected chi connectivity index (χ1v) is 7.88. The van der Waals surface area contributed by atoms with Gasteiger partial charge in [-0.3, -0.25) is 0 Å². The standard InChI is InChI=1S/C15H26N2S/c1-9(2)13-7-15(8-13,17-10(3)4)14-16-11(5)12(6)18-14/h9-10,13,17H,7-8H2,1-6H3. The fourth-order valence-electron chi connectivity index (χ4n) is 2.89. The van der Waals surface area contributed by atoms with E-state index in [0.717, 1.165) is 11.8 Å². The number of hydrogen-bond acceptors (Lipinski definition) is 3. The second kappa shape index (κ2) is 4.93. The van der Waals surface area contributed by atoms with Gasteiger partial charge in [-0.05, 0) is 52.4 Å². The number of aromatic nitrogens is 1. The van der Waals surface area contributed by atoms with Crippen molar-refractivity contribution in [3.05, 3.63) is 15.6 Å². The molecule has 0 unspecified atom stereocenters. The van der Waals surface area contributed by atoms with Gasteiger partial charge in [-0.15, -0.1) is 11.3 Å². The summed E-state index contributed by atoms with van der Waals surface area (Å²) < 4.78 is 0. The van der Waals surface area contributed by atoms with Crippen LogP contribution in [0.2, 0.25) is 0 Å². The minimum Gasteiger partial charge on any atom is -0.303 e. The zero-order valence-electron chi connectivity index (χ0n) is 12.5. The molecule has 18 heavy (non-hydrogen) atoms. The maximum absolute atomic E-state index is 4.81. The molecule has 0 aliphatic heterocycles. The van der Waals surface area contributed by atoms with Gasteiger partial charge in [-0.25, -0.2) is 4.98 Å². The summed E-state index contributed by atoms with van der Waals surface area (Å²) in [6.07, 6.45) is 2.49. The Balaban J connectivity index is 2.22. The van der Waals surface area contributed by atoms with E-state index < -0.39 is 0 Å².